The highest BCUT2D eigenvalue weighted by Crippen LogP contribution is 2.23. The van der Waals surface area contributed by atoms with Crippen molar-refractivity contribution in [2.24, 2.45) is 12.8 Å². The molecule has 0 aliphatic heterocycles. The molecule has 3 aromatic rings. The highest BCUT2D eigenvalue weighted by Gasteiger charge is 2.10. The number of oxazole rings is 1. The lowest BCUT2D eigenvalue weighted by atomic mass is 10.2. The number of hydrogen-bond acceptors (Lipinski definition) is 6. The molecule has 0 unspecified atom stereocenters. The first-order valence-electron chi connectivity index (χ1n) is 6.49. The molecule has 0 bridgehead atoms. The minimum Gasteiger partial charge on any atom is -0.444 e. The molecule has 0 atom stereocenters. The van der Waals surface area contributed by atoms with Crippen molar-refractivity contribution in [3.8, 4) is 11.5 Å². The molecule has 2 aromatic heterocycles. The summed E-state index contributed by atoms with van der Waals surface area (Å²) in [6.07, 6.45) is 1.68. The summed E-state index contributed by atoms with van der Waals surface area (Å²) in [7, 11) is 1.91. The van der Waals surface area contributed by atoms with E-state index in [-0.39, 0.29) is 0 Å². The van der Waals surface area contributed by atoms with E-state index in [1.54, 1.807) is 18.0 Å². The van der Waals surface area contributed by atoms with Gasteiger partial charge < -0.3 is 14.7 Å². The predicted molar refractivity (Wildman–Crippen MR) is 80.4 cm³/mol. The molecule has 0 saturated heterocycles. The summed E-state index contributed by atoms with van der Waals surface area (Å²) in [4.78, 5) is 4.48. The van der Waals surface area contributed by atoms with Crippen LogP contribution in [0.25, 0.3) is 11.5 Å². The van der Waals surface area contributed by atoms with Crippen LogP contribution in [-0.2, 0) is 19.3 Å². The molecule has 0 radical (unpaired) electrons. The van der Waals surface area contributed by atoms with E-state index in [4.69, 9.17) is 10.2 Å². The van der Waals surface area contributed by atoms with Gasteiger partial charge in [0, 0.05) is 18.4 Å². The highest BCUT2D eigenvalue weighted by atomic mass is 32.2. The van der Waals surface area contributed by atoms with E-state index in [0.717, 1.165) is 22.2 Å². The molecule has 0 amide bonds. The number of nitrogens with zero attached hydrogens (tertiary/aromatic N) is 4. The molecule has 0 fully saturated rings. The molecular weight excluding hydrogens is 286 g/mol. The van der Waals surface area contributed by atoms with E-state index in [9.17, 15) is 0 Å². The van der Waals surface area contributed by atoms with E-state index in [1.807, 2.05) is 41.9 Å². The van der Waals surface area contributed by atoms with Gasteiger partial charge in [-0.3, -0.25) is 0 Å². The molecule has 0 aliphatic carbocycles. The van der Waals surface area contributed by atoms with Crippen molar-refractivity contribution in [2.45, 2.75) is 17.5 Å². The average Bonchev–Trinajstić information content (AvgIpc) is 3.13. The maximum atomic E-state index is 5.58. The zero-order valence-electron chi connectivity index (χ0n) is 11.6. The van der Waals surface area contributed by atoms with E-state index < -0.39 is 0 Å². The Morgan fingerprint density at radius 3 is 2.76 bits per heavy atom. The van der Waals surface area contributed by atoms with Gasteiger partial charge in [-0.2, -0.15) is 0 Å². The van der Waals surface area contributed by atoms with Crippen molar-refractivity contribution in [2.75, 3.05) is 0 Å². The molecule has 0 saturated carbocycles. The van der Waals surface area contributed by atoms with Crippen LogP contribution in [0.15, 0.2) is 46.2 Å². The predicted octanol–water partition coefficient (Wildman–Crippen LogP) is 2.22. The van der Waals surface area contributed by atoms with Crippen molar-refractivity contribution in [3.63, 3.8) is 0 Å². The summed E-state index contributed by atoms with van der Waals surface area (Å²) in [6, 6.07) is 9.83. The van der Waals surface area contributed by atoms with Crippen LogP contribution in [0.5, 0.6) is 0 Å². The summed E-state index contributed by atoms with van der Waals surface area (Å²) < 4.78 is 7.40. The largest absolute Gasteiger partial charge is 0.444 e. The zero-order chi connectivity index (χ0) is 14.7. The Bertz CT molecular complexity index is 722. The third-order valence-electron chi connectivity index (χ3n) is 3.03. The minimum atomic E-state index is 0.381. The van der Waals surface area contributed by atoms with Crippen molar-refractivity contribution in [1.29, 1.82) is 0 Å². The van der Waals surface area contributed by atoms with E-state index >= 15 is 0 Å². The number of nitrogens with two attached hydrogens (primary N) is 1. The van der Waals surface area contributed by atoms with Gasteiger partial charge in [-0.25, -0.2) is 4.98 Å². The van der Waals surface area contributed by atoms with Crippen LogP contribution in [0, 0.1) is 0 Å². The Morgan fingerprint density at radius 1 is 1.24 bits per heavy atom. The van der Waals surface area contributed by atoms with Crippen LogP contribution in [-0.4, -0.2) is 19.7 Å². The van der Waals surface area contributed by atoms with Crippen LogP contribution >= 0.6 is 11.8 Å². The fraction of sp³-hybridized carbons (Fsp3) is 0.214. The van der Waals surface area contributed by atoms with Crippen molar-refractivity contribution in [3.05, 3.63) is 48.1 Å². The normalized spacial score (nSPS) is 11.0. The van der Waals surface area contributed by atoms with Gasteiger partial charge in [-0.1, -0.05) is 30.0 Å². The van der Waals surface area contributed by atoms with E-state index in [2.05, 4.69) is 15.2 Å². The number of rotatable bonds is 5. The second-order valence-corrected chi connectivity index (χ2v) is 5.40. The van der Waals surface area contributed by atoms with Gasteiger partial charge in [-0.15, -0.1) is 10.2 Å². The molecular formula is C14H15N5OS. The van der Waals surface area contributed by atoms with Gasteiger partial charge in [0.05, 0.1) is 12.2 Å². The van der Waals surface area contributed by atoms with Gasteiger partial charge >= 0.3 is 0 Å². The number of benzene rings is 1. The maximum absolute atomic E-state index is 5.58. The lowest BCUT2D eigenvalue weighted by molar-refractivity contribution is 0.573. The first-order chi connectivity index (χ1) is 10.3. The molecule has 6 nitrogen and oxygen atoms in total. The Kier molecular flexibility index (Phi) is 4.03. The lowest BCUT2D eigenvalue weighted by Gasteiger charge is -2.00. The van der Waals surface area contributed by atoms with Crippen LogP contribution in [0.2, 0.25) is 0 Å². The average molecular weight is 301 g/mol. The fourth-order valence-electron chi connectivity index (χ4n) is 1.87. The van der Waals surface area contributed by atoms with Crippen molar-refractivity contribution in [1.82, 2.24) is 19.7 Å². The zero-order valence-corrected chi connectivity index (χ0v) is 12.4. The monoisotopic (exact) mass is 301 g/mol. The smallest absolute Gasteiger partial charge is 0.226 e. The van der Waals surface area contributed by atoms with Crippen molar-refractivity contribution < 1.29 is 4.42 Å². The second-order valence-electron chi connectivity index (χ2n) is 4.46. The Hall–Kier alpha value is -2.12. The van der Waals surface area contributed by atoms with Crippen LogP contribution < -0.4 is 5.73 Å². The Balaban J connectivity index is 1.69. The summed E-state index contributed by atoms with van der Waals surface area (Å²) in [5, 5.41) is 8.95. The number of aromatic nitrogens is 4. The van der Waals surface area contributed by atoms with E-state index in [1.165, 1.54) is 0 Å². The first kappa shape index (κ1) is 13.8. The first-order valence-corrected chi connectivity index (χ1v) is 7.47. The molecule has 21 heavy (non-hydrogen) atoms. The van der Waals surface area contributed by atoms with E-state index in [0.29, 0.717) is 18.2 Å². The summed E-state index contributed by atoms with van der Waals surface area (Å²) in [6.45, 7) is 0.381. The molecule has 2 heterocycles. The van der Waals surface area contributed by atoms with Gasteiger partial charge in [0.2, 0.25) is 5.89 Å². The molecule has 7 heteroatoms. The van der Waals surface area contributed by atoms with Crippen molar-refractivity contribution >= 4 is 11.8 Å². The Morgan fingerprint density at radius 2 is 2.05 bits per heavy atom. The molecule has 1 aromatic carbocycles. The molecule has 0 aliphatic rings. The molecule has 0 spiro atoms. The summed E-state index contributed by atoms with van der Waals surface area (Å²) in [5.74, 6) is 2.07. The Labute approximate surface area is 126 Å². The number of thioether (sulfide) groups is 1. The summed E-state index contributed by atoms with van der Waals surface area (Å²) >= 11 is 1.56. The highest BCUT2D eigenvalue weighted by molar-refractivity contribution is 7.98. The third kappa shape index (κ3) is 2.98. The maximum Gasteiger partial charge on any atom is 0.226 e. The van der Waals surface area contributed by atoms with Crippen LogP contribution in [0.3, 0.4) is 0 Å². The molecule has 108 valence electrons. The third-order valence-corrected chi connectivity index (χ3v) is 4.08. The number of hydrogen-bond donors (Lipinski definition) is 1. The quantitative estimate of drug-likeness (QED) is 0.728. The van der Waals surface area contributed by atoms with Gasteiger partial charge in [0.15, 0.2) is 5.16 Å². The molecule has 3 rings (SSSR count). The molecule has 2 N–H and O–H groups in total. The fourth-order valence-corrected chi connectivity index (χ4v) is 2.68. The van der Waals surface area contributed by atoms with Crippen LogP contribution in [0.1, 0.15) is 11.5 Å². The standard InChI is InChI=1S/C14H15N5OS/c1-19-12(7-15)17-18-14(19)21-9-11-8-20-13(16-11)10-5-3-2-4-6-10/h2-6,8H,7,9,15H2,1H3. The van der Waals surface area contributed by atoms with Gasteiger partial charge in [0.25, 0.3) is 0 Å². The lowest BCUT2D eigenvalue weighted by Crippen LogP contribution is -2.05. The van der Waals surface area contributed by atoms with Gasteiger partial charge in [0.1, 0.15) is 12.1 Å². The second kappa shape index (κ2) is 6.11. The SMILES string of the molecule is Cn1c(CN)nnc1SCc1coc(-c2ccccc2)n1. The minimum absolute atomic E-state index is 0.381. The van der Waals surface area contributed by atoms with Crippen LogP contribution in [0.4, 0.5) is 0 Å². The van der Waals surface area contributed by atoms with Gasteiger partial charge in [-0.05, 0) is 12.1 Å². The summed E-state index contributed by atoms with van der Waals surface area (Å²) in [5.41, 5.74) is 7.42. The topological polar surface area (TPSA) is 82.8 Å².